The Balaban J connectivity index is 2.62. The van der Waals surface area contributed by atoms with Crippen molar-refractivity contribution in [2.24, 2.45) is 0 Å². The van der Waals surface area contributed by atoms with Gasteiger partial charge in [0.1, 0.15) is 6.73 Å². The van der Waals surface area contributed by atoms with Gasteiger partial charge in [-0.25, -0.2) is 0 Å². The highest BCUT2D eigenvalue weighted by atomic mass is 16.5. The number of ketones is 1. The quantitative estimate of drug-likeness (QED) is 0.651. The van der Waals surface area contributed by atoms with Crippen molar-refractivity contribution in [3.05, 3.63) is 24.0 Å². The zero-order chi connectivity index (χ0) is 9.68. The molecular weight excluding hydrogens is 166 g/mol. The molecular formula is C10H15NO2. The normalized spacial score (nSPS) is 10.3. The molecule has 72 valence electrons. The molecule has 0 radical (unpaired) electrons. The Kier molecular flexibility index (Phi) is 3.71. The third-order valence-corrected chi connectivity index (χ3v) is 1.83. The van der Waals surface area contributed by atoms with E-state index in [1.807, 2.05) is 30.0 Å². The molecule has 1 aromatic heterocycles. The maximum atomic E-state index is 11.4. The van der Waals surface area contributed by atoms with E-state index in [9.17, 15) is 4.79 Å². The fraction of sp³-hybridized carbons (Fsp3) is 0.500. The summed E-state index contributed by atoms with van der Waals surface area (Å²) in [5.74, 6) is 0.206. The van der Waals surface area contributed by atoms with Gasteiger partial charge in [0.25, 0.3) is 0 Å². The first-order chi connectivity index (χ1) is 6.27. The van der Waals surface area contributed by atoms with E-state index < -0.39 is 0 Å². The predicted molar refractivity (Wildman–Crippen MR) is 50.7 cm³/mol. The molecule has 0 bridgehead atoms. The van der Waals surface area contributed by atoms with Crippen molar-refractivity contribution in [2.75, 3.05) is 7.11 Å². The summed E-state index contributed by atoms with van der Waals surface area (Å²) in [7, 11) is 1.63. The van der Waals surface area contributed by atoms with Gasteiger partial charge in [-0.1, -0.05) is 6.92 Å². The Morgan fingerprint density at radius 3 is 3.00 bits per heavy atom. The Morgan fingerprint density at radius 2 is 2.38 bits per heavy atom. The van der Waals surface area contributed by atoms with E-state index in [4.69, 9.17) is 4.74 Å². The monoisotopic (exact) mass is 181 g/mol. The lowest BCUT2D eigenvalue weighted by molar-refractivity contribution is 0.0980. The number of hydrogen-bond acceptors (Lipinski definition) is 2. The number of ether oxygens (including phenoxy) is 1. The van der Waals surface area contributed by atoms with Gasteiger partial charge >= 0.3 is 0 Å². The first-order valence-corrected chi connectivity index (χ1v) is 4.46. The number of hydrogen-bond donors (Lipinski definition) is 0. The standard InChI is InChI=1S/C10H15NO2/c1-3-4-10(12)9-5-6-11(7-9)8-13-2/h5-7H,3-4,8H2,1-2H3. The molecule has 0 amide bonds. The van der Waals surface area contributed by atoms with Gasteiger partial charge in [0.15, 0.2) is 5.78 Å². The number of rotatable bonds is 5. The van der Waals surface area contributed by atoms with Crippen molar-refractivity contribution in [3.8, 4) is 0 Å². The van der Waals surface area contributed by atoms with Gasteiger partial charge in [-0.05, 0) is 12.5 Å². The molecule has 0 saturated heterocycles. The molecule has 1 heterocycles. The minimum absolute atomic E-state index is 0.206. The molecule has 0 fully saturated rings. The van der Waals surface area contributed by atoms with Gasteiger partial charge < -0.3 is 9.30 Å². The Bertz CT molecular complexity index is 278. The summed E-state index contributed by atoms with van der Waals surface area (Å²) >= 11 is 0. The summed E-state index contributed by atoms with van der Waals surface area (Å²) < 4.78 is 6.78. The molecule has 1 aromatic rings. The first kappa shape index (κ1) is 9.99. The topological polar surface area (TPSA) is 31.2 Å². The summed E-state index contributed by atoms with van der Waals surface area (Å²) in [4.78, 5) is 11.4. The molecule has 0 saturated carbocycles. The van der Waals surface area contributed by atoms with E-state index in [-0.39, 0.29) is 5.78 Å². The molecule has 0 aliphatic carbocycles. The maximum absolute atomic E-state index is 11.4. The van der Waals surface area contributed by atoms with E-state index in [1.54, 1.807) is 7.11 Å². The molecule has 0 aliphatic rings. The number of nitrogens with zero attached hydrogens (tertiary/aromatic N) is 1. The van der Waals surface area contributed by atoms with Crippen molar-refractivity contribution in [3.63, 3.8) is 0 Å². The van der Waals surface area contributed by atoms with Crippen LogP contribution in [-0.4, -0.2) is 17.5 Å². The van der Waals surface area contributed by atoms with Crippen LogP contribution in [0.1, 0.15) is 30.1 Å². The number of carbonyl (C=O) groups excluding carboxylic acids is 1. The highest BCUT2D eigenvalue weighted by Gasteiger charge is 2.05. The van der Waals surface area contributed by atoms with E-state index in [2.05, 4.69) is 0 Å². The zero-order valence-electron chi connectivity index (χ0n) is 8.12. The van der Waals surface area contributed by atoms with E-state index in [0.29, 0.717) is 13.2 Å². The van der Waals surface area contributed by atoms with Crippen molar-refractivity contribution in [1.29, 1.82) is 0 Å². The predicted octanol–water partition coefficient (Wildman–Crippen LogP) is 2.07. The molecule has 0 aromatic carbocycles. The molecule has 13 heavy (non-hydrogen) atoms. The van der Waals surface area contributed by atoms with Crippen molar-refractivity contribution in [1.82, 2.24) is 4.57 Å². The van der Waals surface area contributed by atoms with Crippen molar-refractivity contribution >= 4 is 5.78 Å². The van der Waals surface area contributed by atoms with E-state index in [1.165, 1.54) is 0 Å². The summed E-state index contributed by atoms with van der Waals surface area (Å²) in [6.07, 6.45) is 5.19. The van der Waals surface area contributed by atoms with Crippen molar-refractivity contribution in [2.45, 2.75) is 26.5 Å². The van der Waals surface area contributed by atoms with Crippen LogP contribution in [0.25, 0.3) is 0 Å². The lowest BCUT2D eigenvalue weighted by Crippen LogP contribution is -1.98. The maximum Gasteiger partial charge on any atom is 0.164 e. The van der Waals surface area contributed by atoms with Crippen LogP contribution in [0.2, 0.25) is 0 Å². The molecule has 0 spiro atoms. The second-order valence-electron chi connectivity index (χ2n) is 3.01. The zero-order valence-corrected chi connectivity index (χ0v) is 8.12. The van der Waals surface area contributed by atoms with Gasteiger partial charge in [-0.3, -0.25) is 4.79 Å². The first-order valence-electron chi connectivity index (χ1n) is 4.46. The fourth-order valence-corrected chi connectivity index (χ4v) is 1.21. The number of methoxy groups -OCH3 is 1. The van der Waals surface area contributed by atoms with E-state index in [0.717, 1.165) is 12.0 Å². The summed E-state index contributed by atoms with van der Waals surface area (Å²) in [5.41, 5.74) is 0.777. The molecule has 0 aliphatic heterocycles. The van der Waals surface area contributed by atoms with E-state index >= 15 is 0 Å². The van der Waals surface area contributed by atoms with Gasteiger partial charge in [0.05, 0.1) is 0 Å². The molecule has 0 unspecified atom stereocenters. The lowest BCUT2D eigenvalue weighted by Gasteiger charge is -1.98. The van der Waals surface area contributed by atoms with Crippen LogP contribution in [-0.2, 0) is 11.5 Å². The second-order valence-corrected chi connectivity index (χ2v) is 3.01. The largest absolute Gasteiger partial charge is 0.364 e. The average Bonchev–Trinajstić information content (AvgIpc) is 2.54. The summed E-state index contributed by atoms with van der Waals surface area (Å²) in [6, 6.07) is 1.83. The molecule has 3 nitrogen and oxygen atoms in total. The Morgan fingerprint density at radius 1 is 1.62 bits per heavy atom. The second kappa shape index (κ2) is 4.82. The minimum atomic E-state index is 0.206. The van der Waals surface area contributed by atoms with Crippen LogP contribution in [0.4, 0.5) is 0 Å². The van der Waals surface area contributed by atoms with Crippen LogP contribution in [0.15, 0.2) is 18.5 Å². The van der Waals surface area contributed by atoms with Gasteiger partial charge in [-0.2, -0.15) is 0 Å². The Hall–Kier alpha value is -1.09. The minimum Gasteiger partial charge on any atom is -0.364 e. The number of aromatic nitrogens is 1. The summed E-state index contributed by atoms with van der Waals surface area (Å²) in [6.45, 7) is 2.50. The molecule has 0 N–H and O–H groups in total. The van der Waals surface area contributed by atoms with Crippen LogP contribution in [0.3, 0.4) is 0 Å². The van der Waals surface area contributed by atoms with Crippen molar-refractivity contribution < 1.29 is 9.53 Å². The molecule has 3 heteroatoms. The third kappa shape index (κ3) is 2.70. The van der Waals surface area contributed by atoms with Gasteiger partial charge in [0, 0.05) is 31.5 Å². The SMILES string of the molecule is CCCC(=O)c1ccn(COC)c1. The molecule has 0 atom stereocenters. The third-order valence-electron chi connectivity index (χ3n) is 1.83. The highest BCUT2D eigenvalue weighted by molar-refractivity contribution is 5.95. The van der Waals surface area contributed by atoms with Gasteiger partial charge in [0.2, 0.25) is 0 Å². The number of Topliss-reactive ketones (excluding diaryl/α,β-unsaturated/α-hetero) is 1. The van der Waals surface area contributed by atoms with Gasteiger partial charge in [-0.15, -0.1) is 0 Å². The highest BCUT2D eigenvalue weighted by Crippen LogP contribution is 2.06. The lowest BCUT2D eigenvalue weighted by atomic mass is 10.1. The molecule has 1 rings (SSSR count). The van der Waals surface area contributed by atoms with Crippen LogP contribution in [0, 0.1) is 0 Å². The van der Waals surface area contributed by atoms with Crippen LogP contribution >= 0.6 is 0 Å². The summed E-state index contributed by atoms with van der Waals surface area (Å²) in [5, 5.41) is 0. The number of carbonyl (C=O) groups is 1. The smallest absolute Gasteiger partial charge is 0.164 e. The fourth-order valence-electron chi connectivity index (χ4n) is 1.21. The average molecular weight is 181 g/mol. The Labute approximate surface area is 78.3 Å². The van der Waals surface area contributed by atoms with Crippen LogP contribution < -0.4 is 0 Å². The van der Waals surface area contributed by atoms with Crippen LogP contribution in [0.5, 0.6) is 0 Å².